The number of carbonyl (C=O) groups is 2. The summed E-state index contributed by atoms with van der Waals surface area (Å²) in [6.07, 6.45) is -1.55. The van der Waals surface area contributed by atoms with Gasteiger partial charge in [0.15, 0.2) is 0 Å². The Morgan fingerprint density at radius 2 is 1.60 bits per heavy atom. The highest BCUT2D eigenvalue weighted by atomic mass is 32.2. The number of nitrogens with one attached hydrogen (secondary N) is 1. The number of alkyl halides is 3. The fourth-order valence-corrected chi connectivity index (χ4v) is 4.61. The number of thioether (sulfide) groups is 1. The van der Waals surface area contributed by atoms with Crippen molar-refractivity contribution in [1.82, 2.24) is 0 Å². The molecule has 0 aliphatic carbocycles. The van der Waals surface area contributed by atoms with E-state index in [4.69, 9.17) is 0 Å². The van der Waals surface area contributed by atoms with Crippen LogP contribution in [-0.2, 0) is 22.2 Å². The van der Waals surface area contributed by atoms with Crippen LogP contribution in [0.1, 0.15) is 30.9 Å². The van der Waals surface area contributed by atoms with E-state index < -0.39 is 23.6 Å². The highest BCUT2D eigenvalue weighted by Gasteiger charge is 2.40. The summed E-state index contributed by atoms with van der Waals surface area (Å²) in [5.74, 6) is -1.15. The van der Waals surface area contributed by atoms with Gasteiger partial charge in [0, 0.05) is 10.6 Å². The van der Waals surface area contributed by atoms with Gasteiger partial charge in [0.2, 0.25) is 0 Å². The number of anilines is 2. The Labute approximate surface area is 205 Å². The predicted octanol–water partition coefficient (Wildman–Crippen LogP) is 7.04. The molecule has 1 N–H and O–H groups in total. The minimum atomic E-state index is -4.53. The molecule has 2 amide bonds. The number of halogens is 3. The highest BCUT2D eigenvalue weighted by Crippen LogP contribution is 2.38. The Kier molecular flexibility index (Phi) is 7.31. The number of amides is 2. The quantitative estimate of drug-likeness (QED) is 0.340. The first kappa shape index (κ1) is 24.6. The van der Waals surface area contributed by atoms with Crippen molar-refractivity contribution in [2.24, 2.45) is 0 Å². The molecule has 1 aliphatic rings. The van der Waals surface area contributed by atoms with E-state index in [1.165, 1.54) is 12.1 Å². The second-order valence-corrected chi connectivity index (χ2v) is 9.12. The van der Waals surface area contributed by atoms with Crippen molar-refractivity contribution in [1.29, 1.82) is 0 Å². The van der Waals surface area contributed by atoms with Crippen molar-refractivity contribution in [3.8, 4) is 0 Å². The van der Waals surface area contributed by atoms with Gasteiger partial charge >= 0.3 is 6.18 Å². The number of benzene rings is 3. The van der Waals surface area contributed by atoms with E-state index in [-0.39, 0.29) is 16.3 Å². The molecule has 35 heavy (non-hydrogen) atoms. The third-order valence-corrected chi connectivity index (χ3v) is 6.57. The van der Waals surface area contributed by atoms with Gasteiger partial charge in [-0.15, -0.1) is 0 Å². The summed E-state index contributed by atoms with van der Waals surface area (Å²) in [6, 6.07) is 20.8. The average molecular weight is 497 g/mol. The lowest BCUT2D eigenvalue weighted by Crippen LogP contribution is -2.32. The summed E-state index contributed by atoms with van der Waals surface area (Å²) in [4.78, 5) is 28.7. The lowest BCUT2D eigenvalue weighted by molar-refractivity contribution is -0.137. The minimum Gasteiger partial charge on any atom is -0.350 e. The van der Waals surface area contributed by atoms with E-state index >= 15 is 0 Å². The van der Waals surface area contributed by atoms with Crippen molar-refractivity contribution >= 4 is 35.0 Å². The number of nitrogens with zero attached hydrogens (tertiary/aromatic N) is 1. The molecular weight excluding hydrogens is 473 g/mol. The van der Waals surface area contributed by atoms with Crippen LogP contribution < -0.4 is 10.2 Å². The van der Waals surface area contributed by atoms with Crippen LogP contribution in [0.25, 0.3) is 0 Å². The molecule has 0 unspecified atom stereocenters. The zero-order chi connectivity index (χ0) is 25.0. The first-order chi connectivity index (χ1) is 16.8. The van der Waals surface area contributed by atoms with E-state index in [1.54, 1.807) is 36.4 Å². The second kappa shape index (κ2) is 10.4. The molecule has 3 aromatic carbocycles. The molecule has 0 aromatic heterocycles. The fourth-order valence-electron chi connectivity index (χ4n) is 3.67. The molecule has 0 spiro atoms. The van der Waals surface area contributed by atoms with Crippen molar-refractivity contribution in [2.45, 2.75) is 37.3 Å². The van der Waals surface area contributed by atoms with Gasteiger partial charge in [-0.25, -0.2) is 4.90 Å². The molecule has 0 saturated heterocycles. The number of hydrogen-bond acceptors (Lipinski definition) is 4. The number of carbonyl (C=O) groups excluding carboxylic acids is 2. The van der Waals surface area contributed by atoms with E-state index in [9.17, 15) is 22.8 Å². The van der Waals surface area contributed by atoms with Crippen molar-refractivity contribution < 1.29 is 22.8 Å². The number of rotatable bonds is 8. The van der Waals surface area contributed by atoms with Gasteiger partial charge < -0.3 is 5.32 Å². The molecule has 0 saturated carbocycles. The monoisotopic (exact) mass is 496 g/mol. The Morgan fingerprint density at radius 3 is 2.26 bits per heavy atom. The van der Waals surface area contributed by atoms with Gasteiger partial charge in [0.25, 0.3) is 11.8 Å². The number of unbranched alkanes of at least 4 members (excludes halogenated alkanes) is 1. The Bertz CT molecular complexity index is 1260. The normalized spacial score (nSPS) is 14.1. The predicted molar refractivity (Wildman–Crippen MR) is 132 cm³/mol. The van der Waals surface area contributed by atoms with Gasteiger partial charge in [-0.2, -0.15) is 13.2 Å². The van der Waals surface area contributed by atoms with Crippen LogP contribution in [0.5, 0.6) is 0 Å². The maximum absolute atomic E-state index is 13.4. The number of imide groups is 1. The lowest BCUT2D eigenvalue weighted by Gasteiger charge is -2.16. The van der Waals surface area contributed by atoms with Crippen LogP contribution in [0.4, 0.5) is 24.5 Å². The first-order valence-corrected chi connectivity index (χ1v) is 12.0. The van der Waals surface area contributed by atoms with E-state index in [1.807, 2.05) is 18.2 Å². The number of hydrogen-bond donors (Lipinski definition) is 1. The molecule has 4 rings (SSSR count). The summed E-state index contributed by atoms with van der Waals surface area (Å²) < 4.78 is 39.6. The zero-order valence-corrected chi connectivity index (χ0v) is 19.7. The first-order valence-electron chi connectivity index (χ1n) is 11.2. The topological polar surface area (TPSA) is 49.4 Å². The third-order valence-electron chi connectivity index (χ3n) is 5.48. The van der Waals surface area contributed by atoms with Crippen LogP contribution in [-0.4, -0.2) is 11.8 Å². The lowest BCUT2D eigenvalue weighted by atomic mass is 10.1. The van der Waals surface area contributed by atoms with Gasteiger partial charge in [0.1, 0.15) is 10.6 Å². The Morgan fingerprint density at radius 1 is 0.886 bits per heavy atom. The molecule has 4 nitrogen and oxygen atoms in total. The van der Waals surface area contributed by atoms with Gasteiger partial charge in [-0.1, -0.05) is 61.5 Å². The van der Waals surface area contributed by atoms with Crippen molar-refractivity contribution in [3.63, 3.8) is 0 Å². The molecule has 3 aromatic rings. The molecular formula is C27H23F3N2O2S. The zero-order valence-electron chi connectivity index (χ0n) is 18.9. The standard InChI is InChI=1S/C27H23F3N2O2S/c1-2-3-8-18-13-15-21(16-14-18)32-25(33)23(24(26(32)34)35-22-11-5-4-6-12-22)31-20-10-7-9-19(17-20)27(28,29)30/h4-7,9-17,31H,2-3,8H2,1H3. The van der Waals surface area contributed by atoms with Crippen LogP contribution >= 0.6 is 11.8 Å². The molecule has 180 valence electrons. The summed E-state index contributed by atoms with van der Waals surface area (Å²) in [5, 5.41) is 2.79. The van der Waals surface area contributed by atoms with Crippen LogP contribution in [0, 0.1) is 0 Å². The van der Waals surface area contributed by atoms with E-state index in [0.717, 1.165) is 58.5 Å². The molecule has 1 aliphatic heterocycles. The average Bonchev–Trinajstić information content (AvgIpc) is 3.07. The highest BCUT2D eigenvalue weighted by molar-refractivity contribution is 8.04. The fraction of sp³-hybridized carbons (Fsp3) is 0.185. The number of aryl methyl sites for hydroxylation is 1. The smallest absolute Gasteiger partial charge is 0.350 e. The maximum Gasteiger partial charge on any atom is 0.416 e. The molecule has 0 bridgehead atoms. The van der Waals surface area contributed by atoms with Gasteiger partial charge in [-0.3, -0.25) is 9.59 Å². The summed E-state index contributed by atoms with van der Waals surface area (Å²) in [7, 11) is 0. The molecule has 8 heteroatoms. The molecule has 0 fully saturated rings. The second-order valence-electron chi connectivity index (χ2n) is 8.04. The van der Waals surface area contributed by atoms with Crippen molar-refractivity contribution in [3.05, 3.63) is 101 Å². The Balaban J connectivity index is 1.69. The Hall–Kier alpha value is -3.52. The van der Waals surface area contributed by atoms with Crippen LogP contribution in [0.2, 0.25) is 0 Å². The summed E-state index contributed by atoms with van der Waals surface area (Å²) in [6.45, 7) is 2.10. The maximum atomic E-state index is 13.4. The van der Waals surface area contributed by atoms with Crippen molar-refractivity contribution in [2.75, 3.05) is 10.2 Å². The third kappa shape index (κ3) is 5.59. The van der Waals surface area contributed by atoms with Crippen LogP contribution in [0.3, 0.4) is 0 Å². The molecule has 0 radical (unpaired) electrons. The summed E-state index contributed by atoms with van der Waals surface area (Å²) >= 11 is 1.10. The molecule has 1 heterocycles. The van der Waals surface area contributed by atoms with Gasteiger partial charge in [-0.05, 0) is 60.9 Å². The SMILES string of the molecule is CCCCc1ccc(N2C(=O)C(Nc3cccc(C(F)(F)F)c3)=C(Sc3ccccc3)C2=O)cc1. The summed E-state index contributed by atoms with van der Waals surface area (Å²) in [5.41, 5.74) is 0.671. The van der Waals surface area contributed by atoms with Crippen LogP contribution in [0.15, 0.2) is 94.4 Å². The van der Waals surface area contributed by atoms with E-state index in [0.29, 0.717) is 5.69 Å². The van der Waals surface area contributed by atoms with Gasteiger partial charge in [0.05, 0.1) is 11.3 Å². The van der Waals surface area contributed by atoms with E-state index in [2.05, 4.69) is 12.2 Å². The molecule has 0 atom stereocenters. The minimum absolute atomic E-state index is 0.0572. The largest absolute Gasteiger partial charge is 0.416 e.